The third-order valence-electron chi connectivity index (χ3n) is 2.96. The van der Waals surface area contributed by atoms with Gasteiger partial charge in [0.15, 0.2) is 11.5 Å². The molecule has 96 valence electrons. The maximum Gasteiger partial charge on any atom is 0.177 e. The van der Waals surface area contributed by atoms with Crippen molar-refractivity contribution >= 4 is 11.3 Å². The predicted octanol–water partition coefficient (Wildman–Crippen LogP) is 2.53. The first-order valence-corrected chi connectivity index (χ1v) is 6.31. The summed E-state index contributed by atoms with van der Waals surface area (Å²) in [5, 5.41) is 15.9. The van der Waals surface area contributed by atoms with Gasteiger partial charge in [0.25, 0.3) is 0 Å². The number of hydrogen-bond acceptors (Lipinski definition) is 4. The zero-order chi connectivity index (χ0) is 13.2. The van der Waals surface area contributed by atoms with Gasteiger partial charge in [0.1, 0.15) is 0 Å². The fourth-order valence-corrected chi connectivity index (χ4v) is 2.04. The Morgan fingerprint density at radius 3 is 2.89 bits per heavy atom. The lowest BCUT2D eigenvalue weighted by atomic mass is 10.1. The molecule has 0 aliphatic carbocycles. The summed E-state index contributed by atoms with van der Waals surface area (Å²) in [7, 11) is 0. The highest BCUT2D eigenvalue weighted by atomic mass is 15.4. The molecule has 0 saturated heterocycles. The molecule has 3 aromatic rings. The Labute approximate surface area is 111 Å². The SMILES string of the molecule is CCNc1cccc(-c2ccc3nnc(C)n3n2)c1. The third-order valence-corrected chi connectivity index (χ3v) is 2.96. The number of benzene rings is 1. The van der Waals surface area contributed by atoms with Crippen molar-refractivity contribution in [2.45, 2.75) is 13.8 Å². The van der Waals surface area contributed by atoms with Gasteiger partial charge >= 0.3 is 0 Å². The Balaban J connectivity index is 2.07. The van der Waals surface area contributed by atoms with Gasteiger partial charge in [0.05, 0.1) is 5.69 Å². The third kappa shape index (κ3) is 2.14. The van der Waals surface area contributed by atoms with Crippen LogP contribution in [0.1, 0.15) is 12.7 Å². The standard InChI is InChI=1S/C14H15N5/c1-3-15-12-6-4-5-11(9-12)13-7-8-14-17-16-10(2)19(14)18-13/h4-9,15H,3H2,1-2H3. The number of hydrogen-bond donors (Lipinski definition) is 1. The van der Waals surface area contributed by atoms with Crippen molar-refractivity contribution in [1.82, 2.24) is 19.8 Å². The lowest BCUT2D eigenvalue weighted by Gasteiger charge is -2.06. The molecule has 5 nitrogen and oxygen atoms in total. The molecular formula is C14H15N5. The van der Waals surface area contributed by atoms with E-state index in [0.29, 0.717) is 0 Å². The van der Waals surface area contributed by atoms with E-state index in [1.54, 1.807) is 4.52 Å². The van der Waals surface area contributed by atoms with E-state index >= 15 is 0 Å². The minimum absolute atomic E-state index is 0.768. The van der Waals surface area contributed by atoms with E-state index in [2.05, 4.69) is 45.7 Å². The smallest absolute Gasteiger partial charge is 0.177 e. The van der Waals surface area contributed by atoms with Crippen LogP contribution in [0.2, 0.25) is 0 Å². The van der Waals surface area contributed by atoms with E-state index in [0.717, 1.165) is 35.0 Å². The molecule has 19 heavy (non-hydrogen) atoms. The van der Waals surface area contributed by atoms with Crippen molar-refractivity contribution in [2.24, 2.45) is 0 Å². The van der Waals surface area contributed by atoms with Crippen molar-refractivity contribution in [3.8, 4) is 11.3 Å². The molecule has 1 aromatic carbocycles. The average molecular weight is 253 g/mol. The highest BCUT2D eigenvalue weighted by Gasteiger charge is 2.05. The average Bonchev–Trinajstić information content (AvgIpc) is 2.81. The normalized spacial score (nSPS) is 10.8. The van der Waals surface area contributed by atoms with Crippen LogP contribution in [0.25, 0.3) is 16.9 Å². The quantitative estimate of drug-likeness (QED) is 0.779. The zero-order valence-corrected chi connectivity index (χ0v) is 11.0. The summed E-state index contributed by atoms with van der Waals surface area (Å²) in [4.78, 5) is 0. The second kappa shape index (κ2) is 4.68. The number of aryl methyl sites for hydroxylation is 1. The van der Waals surface area contributed by atoms with Gasteiger partial charge in [-0.1, -0.05) is 12.1 Å². The van der Waals surface area contributed by atoms with E-state index in [4.69, 9.17) is 0 Å². The lowest BCUT2D eigenvalue weighted by molar-refractivity contribution is 0.880. The summed E-state index contributed by atoms with van der Waals surface area (Å²) in [6.07, 6.45) is 0. The first-order chi connectivity index (χ1) is 9.28. The fraction of sp³-hybridized carbons (Fsp3) is 0.214. The van der Waals surface area contributed by atoms with Gasteiger partial charge in [-0.25, -0.2) is 0 Å². The number of nitrogens with zero attached hydrogens (tertiary/aromatic N) is 4. The minimum atomic E-state index is 0.768. The first-order valence-electron chi connectivity index (χ1n) is 6.31. The molecule has 0 fully saturated rings. The van der Waals surface area contributed by atoms with E-state index in [1.165, 1.54) is 0 Å². The van der Waals surface area contributed by atoms with Crippen molar-refractivity contribution in [3.63, 3.8) is 0 Å². The van der Waals surface area contributed by atoms with Crippen LogP contribution in [-0.4, -0.2) is 26.4 Å². The monoisotopic (exact) mass is 253 g/mol. The van der Waals surface area contributed by atoms with Crippen LogP contribution in [0.15, 0.2) is 36.4 Å². The highest BCUT2D eigenvalue weighted by molar-refractivity contribution is 5.65. The number of fused-ring (bicyclic) bond motifs is 1. The van der Waals surface area contributed by atoms with Gasteiger partial charge < -0.3 is 5.32 Å². The Kier molecular flexibility index (Phi) is 2.87. The number of nitrogens with one attached hydrogen (secondary N) is 1. The summed E-state index contributed by atoms with van der Waals surface area (Å²) in [5.41, 5.74) is 3.86. The molecule has 3 rings (SSSR count). The van der Waals surface area contributed by atoms with Crippen LogP contribution in [0, 0.1) is 6.92 Å². The van der Waals surface area contributed by atoms with Gasteiger partial charge in [-0.15, -0.1) is 10.2 Å². The molecule has 0 unspecified atom stereocenters. The van der Waals surface area contributed by atoms with Crippen molar-refractivity contribution in [2.75, 3.05) is 11.9 Å². The summed E-state index contributed by atoms with van der Waals surface area (Å²) in [5.74, 6) is 0.791. The van der Waals surface area contributed by atoms with Crippen LogP contribution < -0.4 is 5.32 Å². The van der Waals surface area contributed by atoms with Gasteiger partial charge in [-0.05, 0) is 38.1 Å². The van der Waals surface area contributed by atoms with Crippen LogP contribution >= 0.6 is 0 Å². The Morgan fingerprint density at radius 2 is 2.05 bits per heavy atom. The van der Waals surface area contributed by atoms with E-state index in [9.17, 15) is 0 Å². The van der Waals surface area contributed by atoms with Crippen LogP contribution in [0.3, 0.4) is 0 Å². The number of rotatable bonds is 3. The Bertz CT molecular complexity index is 717. The molecule has 0 amide bonds. The van der Waals surface area contributed by atoms with Gasteiger partial charge in [0.2, 0.25) is 0 Å². The molecule has 0 radical (unpaired) electrons. The largest absolute Gasteiger partial charge is 0.385 e. The van der Waals surface area contributed by atoms with E-state index in [-0.39, 0.29) is 0 Å². The van der Waals surface area contributed by atoms with E-state index in [1.807, 2.05) is 25.1 Å². The molecule has 1 N–H and O–H groups in total. The maximum absolute atomic E-state index is 4.57. The Morgan fingerprint density at radius 1 is 1.16 bits per heavy atom. The summed E-state index contributed by atoms with van der Waals surface area (Å²) < 4.78 is 1.76. The van der Waals surface area contributed by atoms with Gasteiger partial charge in [-0.3, -0.25) is 0 Å². The van der Waals surface area contributed by atoms with Crippen molar-refractivity contribution in [1.29, 1.82) is 0 Å². The number of aromatic nitrogens is 4. The molecule has 2 aromatic heterocycles. The van der Waals surface area contributed by atoms with Crippen LogP contribution in [0.5, 0.6) is 0 Å². The number of anilines is 1. The minimum Gasteiger partial charge on any atom is -0.385 e. The molecule has 0 saturated carbocycles. The van der Waals surface area contributed by atoms with Crippen molar-refractivity contribution in [3.05, 3.63) is 42.2 Å². The molecular weight excluding hydrogens is 238 g/mol. The molecule has 0 bridgehead atoms. The zero-order valence-electron chi connectivity index (χ0n) is 11.0. The van der Waals surface area contributed by atoms with Crippen LogP contribution in [0.4, 0.5) is 5.69 Å². The highest BCUT2D eigenvalue weighted by Crippen LogP contribution is 2.21. The fourth-order valence-electron chi connectivity index (χ4n) is 2.04. The van der Waals surface area contributed by atoms with Gasteiger partial charge in [-0.2, -0.15) is 9.61 Å². The summed E-state index contributed by atoms with van der Waals surface area (Å²) >= 11 is 0. The molecule has 0 aliphatic heterocycles. The van der Waals surface area contributed by atoms with Crippen LogP contribution in [-0.2, 0) is 0 Å². The topological polar surface area (TPSA) is 55.1 Å². The van der Waals surface area contributed by atoms with Gasteiger partial charge in [0, 0.05) is 17.8 Å². The van der Waals surface area contributed by atoms with Crippen molar-refractivity contribution < 1.29 is 0 Å². The second-order valence-corrected chi connectivity index (χ2v) is 4.35. The summed E-state index contributed by atoms with van der Waals surface area (Å²) in [6.45, 7) is 4.88. The molecule has 5 heteroatoms. The Hall–Kier alpha value is -2.43. The second-order valence-electron chi connectivity index (χ2n) is 4.35. The van der Waals surface area contributed by atoms with E-state index < -0.39 is 0 Å². The first kappa shape index (κ1) is 11.6. The lowest BCUT2D eigenvalue weighted by Crippen LogP contribution is -1.98. The molecule has 2 heterocycles. The summed E-state index contributed by atoms with van der Waals surface area (Å²) in [6, 6.07) is 12.1. The molecule has 0 atom stereocenters. The maximum atomic E-state index is 4.57. The molecule has 0 spiro atoms. The molecule has 0 aliphatic rings. The predicted molar refractivity (Wildman–Crippen MR) is 75.1 cm³/mol.